The van der Waals surface area contributed by atoms with Crippen molar-refractivity contribution in [2.24, 2.45) is 5.92 Å². The molecule has 8 heteroatoms. The lowest BCUT2D eigenvalue weighted by molar-refractivity contribution is -0.125. The number of hydrogen-bond donors (Lipinski definition) is 3. The zero-order chi connectivity index (χ0) is 21.8. The van der Waals surface area contributed by atoms with Crippen molar-refractivity contribution in [1.29, 1.82) is 5.26 Å². The second kappa shape index (κ2) is 9.37. The van der Waals surface area contributed by atoms with E-state index in [9.17, 15) is 14.0 Å². The number of carbonyl (C=O) groups excluding carboxylic acids is 2. The van der Waals surface area contributed by atoms with Crippen LogP contribution in [-0.4, -0.2) is 44.2 Å². The minimum Gasteiger partial charge on any atom is -0.382 e. The van der Waals surface area contributed by atoms with Gasteiger partial charge >= 0.3 is 0 Å². The first-order valence-corrected chi connectivity index (χ1v) is 10.1. The smallest absolute Gasteiger partial charge is 0.247 e. The molecule has 2 heterocycles. The second-order valence-corrected chi connectivity index (χ2v) is 7.90. The van der Waals surface area contributed by atoms with Gasteiger partial charge in [-0.1, -0.05) is 11.6 Å². The van der Waals surface area contributed by atoms with E-state index in [1.54, 1.807) is 0 Å². The Morgan fingerprint density at radius 1 is 1.47 bits per heavy atom. The highest BCUT2D eigenvalue weighted by molar-refractivity contribution is 6.00. The number of methoxy groups -OCH3 is 1. The number of carbonyl (C=O) groups is 2. The zero-order valence-electron chi connectivity index (χ0n) is 17.4. The van der Waals surface area contributed by atoms with Crippen LogP contribution in [-0.2, 0) is 14.3 Å². The monoisotopic (exact) mass is 414 g/mol. The lowest BCUT2D eigenvalue weighted by Gasteiger charge is -2.42. The zero-order valence-corrected chi connectivity index (χ0v) is 17.4. The number of nitrogens with one attached hydrogen (secondary N) is 3. The number of amides is 2. The van der Waals surface area contributed by atoms with E-state index in [0.29, 0.717) is 5.57 Å². The van der Waals surface area contributed by atoms with Crippen molar-refractivity contribution in [2.45, 2.75) is 44.8 Å². The summed E-state index contributed by atoms with van der Waals surface area (Å²) in [7, 11) is 1.46. The predicted molar refractivity (Wildman–Crippen MR) is 109 cm³/mol. The maximum Gasteiger partial charge on any atom is 0.247 e. The van der Waals surface area contributed by atoms with Crippen molar-refractivity contribution in [3.05, 3.63) is 46.3 Å². The highest BCUT2D eigenvalue weighted by Crippen LogP contribution is 2.32. The summed E-state index contributed by atoms with van der Waals surface area (Å²) in [5.41, 5.74) is 1.81. The molecule has 0 radical (unpaired) electrons. The quantitative estimate of drug-likeness (QED) is 0.658. The molecule has 0 aliphatic carbocycles. The first-order chi connectivity index (χ1) is 14.3. The van der Waals surface area contributed by atoms with Crippen LogP contribution in [0.15, 0.2) is 29.3 Å². The molecule has 7 nitrogen and oxygen atoms in total. The molecule has 160 valence electrons. The number of fused-ring (bicyclic) bond motifs is 1. The van der Waals surface area contributed by atoms with Gasteiger partial charge in [-0.25, -0.2) is 4.39 Å². The molecular formula is C22H27FN4O3. The average molecular weight is 414 g/mol. The SMILES string of the molecule is COC[C@H](NC(=O)CC1=C(C)C2C(C)NCCC2NC1=O)c1ccc(C#N)cc1F. The Morgan fingerprint density at radius 2 is 2.23 bits per heavy atom. The van der Waals surface area contributed by atoms with Crippen LogP contribution >= 0.6 is 0 Å². The normalized spacial score (nSPS) is 24.5. The molecule has 0 bridgehead atoms. The van der Waals surface area contributed by atoms with Gasteiger partial charge in [0.25, 0.3) is 0 Å². The summed E-state index contributed by atoms with van der Waals surface area (Å²) in [6.45, 7) is 4.90. The van der Waals surface area contributed by atoms with Crippen LogP contribution in [0.25, 0.3) is 0 Å². The van der Waals surface area contributed by atoms with Gasteiger partial charge in [0.05, 0.1) is 30.7 Å². The summed E-state index contributed by atoms with van der Waals surface area (Å²) in [4.78, 5) is 25.4. The Morgan fingerprint density at radius 3 is 2.90 bits per heavy atom. The molecule has 1 aromatic rings. The van der Waals surface area contributed by atoms with E-state index < -0.39 is 11.9 Å². The Kier molecular flexibility index (Phi) is 6.85. The Hall–Kier alpha value is -2.76. The van der Waals surface area contributed by atoms with Crippen LogP contribution in [0.5, 0.6) is 0 Å². The topological polar surface area (TPSA) is 103 Å². The highest BCUT2D eigenvalue weighted by atomic mass is 19.1. The van der Waals surface area contributed by atoms with Crippen LogP contribution in [0.4, 0.5) is 4.39 Å². The van der Waals surface area contributed by atoms with Gasteiger partial charge in [0.2, 0.25) is 11.8 Å². The number of benzene rings is 1. The molecule has 1 saturated heterocycles. The third kappa shape index (κ3) is 4.53. The molecule has 0 saturated carbocycles. The molecule has 4 atom stereocenters. The van der Waals surface area contributed by atoms with Crippen molar-refractivity contribution >= 4 is 11.8 Å². The van der Waals surface area contributed by atoms with Gasteiger partial charge in [0.15, 0.2) is 0 Å². The fraction of sp³-hybridized carbons (Fsp3) is 0.500. The van der Waals surface area contributed by atoms with Crippen LogP contribution in [0.1, 0.15) is 43.9 Å². The summed E-state index contributed by atoms with van der Waals surface area (Å²) in [6, 6.07) is 5.52. The van der Waals surface area contributed by atoms with Crippen molar-refractivity contribution in [3.63, 3.8) is 0 Å². The standard InChI is InChI=1S/C22H27FN4O3/c1-12-16(22(29)27-18-6-7-25-13(2)21(12)18)9-20(28)26-19(11-30-3)15-5-4-14(10-24)8-17(15)23/h4-5,8,13,18-19,21,25H,6-7,9,11H2,1-3H3,(H,26,28)(H,27,29)/t13?,18?,19-,21?/m0/s1. The van der Waals surface area contributed by atoms with Crippen LogP contribution in [0.3, 0.4) is 0 Å². The van der Waals surface area contributed by atoms with Gasteiger partial charge in [-0.2, -0.15) is 5.26 Å². The third-order valence-corrected chi connectivity index (χ3v) is 5.97. The summed E-state index contributed by atoms with van der Waals surface area (Å²) < 4.78 is 19.6. The van der Waals surface area contributed by atoms with Crippen LogP contribution in [0, 0.1) is 23.1 Å². The van der Waals surface area contributed by atoms with Gasteiger partial charge in [-0.05, 0) is 38.9 Å². The molecule has 3 N–H and O–H groups in total. The summed E-state index contributed by atoms with van der Waals surface area (Å²) in [5, 5.41) is 18.1. The first-order valence-electron chi connectivity index (χ1n) is 10.1. The number of rotatable bonds is 6. The van der Waals surface area contributed by atoms with E-state index in [4.69, 9.17) is 10.00 Å². The first kappa shape index (κ1) is 21.9. The molecule has 2 aliphatic rings. The van der Waals surface area contributed by atoms with E-state index in [0.717, 1.165) is 24.6 Å². The fourth-order valence-corrected chi connectivity index (χ4v) is 4.48. The summed E-state index contributed by atoms with van der Waals surface area (Å²) in [5.74, 6) is -1.05. The van der Waals surface area contributed by atoms with Crippen molar-refractivity contribution in [3.8, 4) is 6.07 Å². The second-order valence-electron chi connectivity index (χ2n) is 7.90. The van der Waals surface area contributed by atoms with E-state index in [1.165, 1.54) is 19.2 Å². The van der Waals surface area contributed by atoms with Gasteiger partial charge in [-0.3, -0.25) is 9.59 Å². The Labute approximate surface area is 175 Å². The molecule has 3 rings (SSSR count). The number of nitriles is 1. The average Bonchev–Trinajstić information content (AvgIpc) is 2.70. The number of nitrogens with zero attached hydrogens (tertiary/aromatic N) is 1. The molecule has 2 aliphatic heterocycles. The summed E-state index contributed by atoms with van der Waals surface area (Å²) >= 11 is 0. The molecule has 0 spiro atoms. The van der Waals surface area contributed by atoms with E-state index in [2.05, 4.69) is 22.9 Å². The van der Waals surface area contributed by atoms with Gasteiger partial charge in [0.1, 0.15) is 5.82 Å². The van der Waals surface area contributed by atoms with Gasteiger partial charge in [-0.15, -0.1) is 0 Å². The van der Waals surface area contributed by atoms with Crippen molar-refractivity contribution in [2.75, 3.05) is 20.3 Å². The molecule has 3 unspecified atom stereocenters. The minimum absolute atomic E-state index is 0.0600. The van der Waals surface area contributed by atoms with Crippen LogP contribution < -0.4 is 16.0 Å². The lowest BCUT2D eigenvalue weighted by Crippen LogP contribution is -2.57. The van der Waals surface area contributed by atoms with Crippen LogP contribution in [0.2, 0.25) is 0 Å². The molecule has 1 aromatic carbocycles. The lowest BCUT2D eigenvalue weighted by atomic mass is 9.76. The number of piperidine rings is 1. The van der Waals surface area contributed by atoms with E-state index >= 15 is 0 Å². The largest absolute Gasteiger partial charge is 0.382 e. The summed E-state index contributed by atoms with van der Waals surface area (Å²) in [6.07, 6.45) is 0.761. The fourth-order valence-electron chi connectivity index (χ4n) is 4.48. The van der Waals surface area contributed by atoms with Crippen molar-refractivity contribution in [1.82, 2.24) is 16.0 Å². The number of ether oxygens (including phenoxy) is 1. The highest BCUT2D eigenvalue weighted by Gasteiger charge is 2.39. The Bertz CT molecular complexity index is 908. The van der Waals surface area contributed by atoms with Gasteiger partial charge in [0, 0.05) is 36.2 Å². The molecular weight excluding hydrogens is 387 g/mol. The molecule has 30 heavy (non-hydrogen) atoms. The molecule has 0 aromatic heterocycles. The maximum atomic E-state index is 14.4. The van der Waals surface area contributed by atoms with E-state index in [1.807, 2.05) is 13.0 Å². The number of halogens is 1. The van der Waals surface area contributed by atoms with E-state index in [-0.39, 0.29) is 54.0 Å². The van der Waals surface area contributed by atoms with Crippen molar-refractivity contribution < 1.29 is 18.7 Å². The predicted octanol–water partition coefficient (Wildman–Crippen LogP) is 1.70. The number of hydrogen-bond acceptors (Lipinski definition) is 5. The maximum absolute atomic E-state index is 14.4. The molecule has 2 amide bonds. The van der Waals surface area contributed by atoms with Gasteiger partial charge < -0.3 is 20.7 Å². The Balaban J connectivity index is 1.78. The molecule has 1 fully saturated rings. The minimum atomic E-state index is -0.731. The third-order valence-electron chi connectivity index (χ3n) is 5.97.